The standard InChI is InChI=1S/C14H24O/c15-14(13-9-3-4-10-13)11-5-8-12-6-1-2-7-12/h12-13H,1-11H2. The number of Topliss-reactive ketones (excluding diaryl/α,β-unsaturated/α-hetero) is 1. The second kappa shape index (κ2) is 5.67. The van der Waals surface area contributed by atoms with Gasteiger partial charge in [0.1, 0.15) is 5.78 Å². The molecule has 0 atom stereocenters. The van der Waals surface area contributed by atoms with Crippen LogP contribution in [0.5, 0.6) is 0 Å². The lowest BCUT2D eigenvalue weighted by atomic mass is 9.94. The Hall–Kier alpha value is -0.330. The number of hydrogen-bond donors (Lipinski definition) is 0. The second-order valence-corrected chi connectivity index (χ2v) is 5.49. The van der Waals surface area contributed by atoms with Gasteiger partial charge in [-0.05, 0) is 25.2 Å². The Bertz CT molecular complexity index is 197. The number of ketones is 1. The highest BCUT2D eigenvalue weighted by Crippen LogP contribution is 2.30. The van der Waals surface area contributed by atoms with Crippen molar-refractivity contribution in [1.29, 1.82) is 0 Å². The van der Waals surface area contributed by atoms with Gasteiger partial charge in [0.05, 0.1) is 0 Å². The molecule has 0 bridgehead atoms. The third kappa shape index (κ3) is 3.32. The van der Waals surface area contributed by atoms with Crippen molar-refractivity contribution in [3.8, 4) is 0 Å². The number of rotatable bonds is 5. The summed E-state index contributed by atoms with van der Waals surface area (Å²) in [5.74, 6) is 1.99. The van der Waals surface area contributed by atoms with Crippen LogP contribution < -0.4 is 0 Å². The Balaban J connectivity index is 1.58. The van der Waals surface area contributed by atoms with E-state index in [1.807, 2.05) is 0 Å². The van der Waals surface area contributed by atoms with Gasteiger partial charge in [-0.1, -0.05) is 44.9 Å². The molecule has 2 saturated carbocycles. The summed E-state index contributed by atoms with van der Waals surface area (Å²) in [7, 11) is 0. The fourth-order valence-electron chi connectivity index (χ4n) is 3.32. The smallest absolute Gasteiger partial charge is 0.135 e. The van der Waals surface area contributed by atoms with E-state index in [1.54, 1.807) is 0 Å². The van der Waals surface area contributed by atoms with Crippen LogP contribution in [-0.4, -0.2) is 5.78 Å². The Labute approximate surface area is 93.6 Å². The molecule has 0 aromatic carbocycles. The van der Waals surface area contributed by atoms with Gasteiger partial charge in [0.2, 0.25) is 0 Å². The molecule has 1 heteroatoms. The van der Waals surface area contributed by atoms with Crippen LogP contribution in [0.3, 0.4) is 0 Å². The lowest BCUT2D eigenvalue weighted by Crippen LogP contribution is -2.10. The van der Waals surface area contributed by atoms with Crippen LogP contribution >= 0.6 is 0 Å². The molecule has 0 spiro atoms. The molecule has 2 fully saturated rings. The fraction of sp³-hybridized carbons (Fsp3) is 0.929. The van der Waals surface area contributed by atoms with Crippen LogP contribution in [-0.2, 0) is 4.79 Å². The first-order valence-corrected chi connectivity index (χ1v) is 6.89. The monoisotopic (exact) mass is 208 g/mol. The van der Waals surface area contributed by atoms with Crippen LogP contribution in [0.15, 0.2) is 0 Å². The molecule has 0 unspecified atom stereocenters. The summed E-state index contributed by atoms with van der Waals surface area (Å²) in [6, 6.07) is 0. The van der Waals surface area contributed by atoms with Crippen molar-refractivity contribution in [2.45, 2.75) is 70.6 Å². The van der Waals surface area contributed by atoms with Crippen LogP contribution in [0.2, 0.25) is 0 Å². The average Bonchev–Trinajstić information content (AvgIpc) is 2.90. The number of hydrogen-bond acceptors (Lipinski definition) is 1. The lowest BCUT2D eigenvalue weighted by Gasteiger charge is -2.10. The van der Waals surface area contributed by atoms with Gasteiger partial charge in [0.15, 0.2) is 0 Å². The highest BCUT2D eigenvalue weighted by molar-refractivity contribution is 5.81. The van der Waals surface area contributed by atoms with E-state index in [9.17, 15) is 4.79 Å². The second-order valence-electron chi connectivity index (χ2n) is 5.49. The molecule has 0 aromatic rings. The Morgan fingerprint density at radius 1 is 0.933 bits per heavy atom. The van der Waals surface area contributed by atoms with E-state index >= 15 is 0 Å². The van der Waals surface area contributed by atoms with Crippen LogP contribution in [0.25, 0.3) is 0 Å². The summed E-state index contributed by atoms with van der Waals surface area (Å²) < 4.78 is 0. The van der Waals surface area contributed by atoms with Crippen LogP contribution in [0.4, 0.5) is 0 Å². The molecule has 15 heavy (non-hydrogen) atoms. The van der Waals surface area contributed by atoms with E-state index in [0.29, 0.717) is 11.7 Å². The van der Waals surface area contributed by atoms with Gasteiger partial charge in [-0.2, -0.15) is 0 Å². The van der Waals surface area contributed by atoms with Gasteiger partial charge in [0, 0.05) is 12.3 Å². The minimum Gasteiger partial charge on any atom is -0.299 e. The molecule has 0 saturated heterocycles. The molecular weight excluding hydrogens is 184 g/mol. The summed E-state index contributed by atoms with van der Waals surface area (Å²) in [6.45, 7) is 0. The summed E-state index contributed by atoms with van der Waals surface area (Å²) in [5.41, 5.74) is 0. The average molecular weight is 208 g/mol. The third-order valence-corrected chi connectivity index (χ3v) is 4.32. The molecule has 0 amide bonds. The van der Waals surface area contributed by atoms with Crippen molar-refractivity contribution in [2.24, 2.45) is 11.8 Å². The van der Waals surface area contributed by atoms with E-state index in [2.05, 4.69) is 0 Å². The molecule has 2 aliphatic rings. The minimum absolute atomic E-state index is 0.452. The molecule has 0 aliphatic heterocycles. The summed E-state index contributed by atoms with van der Waals surface area (Å²) in [4.78, 5) is 11.8. The molecule has 0 radical (unpaired) electrons. The Morgan fingerprint density at radius 2 is 1.53 bits per heavy atom. The first-order chi connectivity index (χ1) is 7.36. The minimum atomic E-state index is 0.452. The summed E-state index contributed by atoms with van der Waals surface area (Å²) in [6.07, 6.45) is 14.0. The normalized spacial score (nSPS) is 23.7. The van der Waals surface area contributed by atoms with Gasteiger partial charge in [-0.3, -0.25) is 4.79 Å². The highest BCUT2D eigenvalue weighted by atomic mass is 16.1. The van der Waals surface area contributed by atoms with Crippen molar-refractivity contribution < 1.29 is 4.79 Å². The number of carbonyl (C=O) groups is 1. The van der Waals surface area contributed by atoms with Crippen LogP contribution in [0.1, 0.15) is 70.6 Å². The first-order valence-electron chi connectivity index (χ1n) is 6.89. The van der Waals surface area contributed by atoms with E-state index in [4.69, 9.17) is 0 Å². The first kappa shape index (κ1) is 11.2. The zero-order valence-electron chi connectivity index (χ0n) is 9.84. The predicted molar refractivity (Wildman–Crippen MR) is 62.8 cm³/mol. The quantitative estimate of drug-likeness (QED) is 0.664. The van der Waals surface area contributed by atoms with Gasteiger partial charge < -0.3 is 0 Å². The number of carbonyl (C=O) groups excluding carboxylic acids is 1. The van der Waals surface area contributed by atoms with Crippen molar-refractivity contribution in [3.05, 3.63) is 0 Å². The molecule has 86 valence electrons. The SMILES string of the molecule is O=C(CCCC1CCCC1)C1CCCC1. The van der Waals surface area contributed by atoms with E-state index < -0.39 is 0 Å². The van der Waals surface area contributed by atoms with Gasteiger partial charge in [-0.25, -0.2) is 0 Å². The largest absolute Gasteiger partial charge is 0.299 e. The molecule has 2 rings (SSSR count). The molecular formula is C14H24O. The predicted octanol–water partition coefficient (Wildman–Crippen LogP) is 4.11. The molecule has 1 nitrogen and oxygen atoms in total. The zero-order chi connectivity index (χ0) is 10.5. The van der Waals surface area contributed by atoms with Crippen LogP contribution in [0, 0.1) is 11.8 Å². The van der Waals surface area contributed by atoms with Crippen molar-refractivity contribution in [3.63, 3.8) is 0 Å². The molecule has 0 heterocycles. The summed E-state index contributed by atoms with van der Waals surface area (Å²) in [5, 5.41) is 0. The highest BCUT2D eigenvalue weighted by Gasteiger charge is 2.22. The topological polar surface area (TPSA) is 17.1 Å². The molecule has 2 aliphatic carbocycles. The Kier molecular flexibility index (Phi) is 4.22. The third-order valence-electron chi connectivity index (χ3n) is 4.32. The van der Waals surface area contributed by atoms with Gasteiger partial charge >= 0.3 is 0 Å². The zero-order valence-corrected chi connectivity index (χ0v) is 9.84. The van der Waals surface area contributed by atoms with E-state index in [0.717, 1.165) is 12.3 Å². The maximum absolute atomic E-state index is 11.8. The molecule has 0 aromatic heterocycles. The maximum Gasteiger partial charge on any atom is 0.135 e. The van der Waals surface area contributed by atoms with Crippen molar-refractivity contribution >= 4 is 5.78 Å². The fourth-order valence-corrected chi connectivity index (χ4v) is 3.32. The lowest BCUT2D eigenvalue weighted by molar-refractivity contribution is -0.122. The summed E-state index contributed by atoms with van der Waals surface area (Å²) >= 11 is 0. The van der Waals surface area contributed by atoms with Crippen molar-refractivity contribution in [1.82, 2.24) is 0 Å². The van der Waals surface area contributed by atoms with Gasteiger partial charge in [0.25, 0.3) is 0 Å². The molecule has 0 N–H and O–H groups in total. The van der Waals surface area contributed by atoms with E-state index in [-0.39, 0.29) is 0 Å². The maximum atomic E-state index is 11.8. The van der Waals surface area contributed by atoms with Crippen molar-refractivity contribution in [2.75, 3.05) is 0 Å². The Morgan fingerprint density at radius 3 is 2.20 bits per heavy atom. The van der Waals surface area contributed by atoms with E-state index in [1.165, 1.54) is 64.2 Å². The van der Waals surface area contributed by atoms with Gasteiger partial charge in [-0.15, -0.1) is 0 Å².